The zero-order valence-corrected chi connectivity index (χ0v) is 15.6. The topological polar surface area (TPSA) is 93.5 Å². The lowest BCUT2D eigenvalue weighted by molar-refractivity contribution is -0.00212. The summed E-state index contributed by atoms with van der Waals surface area (Å²) in [5.41, 5.74) is 1.53. The molecule has 1 spiro atoms. The monoisotopic (exact) mass is 379 g/mol. The summed E-state index contributed by atoms with van der Waals surface area (Å²) in [7, 11) is -3.38. The Morgan fingerprint density at radius 2 is 2.08 bits per heavy atom. The van der Waals surface area contributed by atoms with Gasteiger partial charge in [0.25, 0.3) is 0 Å². The molecule has 2 aromatic rings. The van der Waals surface area contributed by atoms with Crippen LogP contribution in [0.25, 0.3) is 11.0 Å². The van der Waals surface area contributed by atoms with Crippen LogP contribution < -0.4 is 10.0 Å². The van der Waals surface area contributed by atoms with Crippen molar-refractivity contribution < 1.29 is 17.7 Å². The summed E-state index contributed by atoms with van der Waals surface area (Å²) in [6.07, 6.45) is 3.19. The lowest BCUT2D eigenvalue weighted by Gasteiger charge is -2.43. The minimum atomic E-state index is -3.38. The van der Waals surface area contributed by atoms with Gasteiger partial charge in [0.1, 0.15) is 0 Å². The van der Waals surface area contributed by atoms with Gasteiger partial charge in [-0.05, 0) is 36.8 Å². The molecule has 3 heterocycles. The molecule has 7 nitrogen and oxygen atoms in total. The minimum Gasteiger partial charge on any atom is -0.381 e. The second-order valence-corrected chi connectivity index (χ2v) is 9.33. The van der Waals surface area contributed by atoms with Gasteiger partial charge in [-0.15, -0.1) is 0 Å². The highest BCUT2D eigenvalue weighted by Gasteiger charge is 2.38. The van der Waals surface area contributed by atoms with Gasteiger partial charge in [0, 0.05) is 44.2 Å². The summed E-state index contributed by atoms with van der Waals surface area (Å²) in [5.74, 6) is 0.0101. The molecule has 142 valence electrons. The number of para-hydroxylation sites is 1. The molecule has 1 aromatic carbocycles. The maximum absolute atomic E-state index is 12.6. The van der Waals surface area contributed by atoms with E-state index in [9.17, 15) is 8.42 Å². The van der Waals surface area contributed by atoms with Crippen LogP contribution in [0.1, 0.15) is 25.0 Å². The molecule has 26 heavy (non-hydrogen) atoms. The molecule has 0 saturated carbocycles. The van der Waals surface area contributed by atoms with Gasteiger partial charge in [-0.2, -0.15) is 0 Å². The highest BCUT2D eigenvalue weighted by Crippen LogP contribution is 2.36. The van der Waals surface area contributed by atoms with E-state index in [2.05, 4.69) is 15.2 Å². The number of hydrogen-bond donors (Lipinski definition) is 2. The predicted molar refractivity (Wildman–Crippen MR) is 98.4 cm³/mol. The van der Waals surface area contributed by atoms with Crippen molar-refractivity contribution in [2.24, 2.45) is 5.41 Å². The van der Waals surface area contributed by atoms with Crippen molar-refractivity contribution in [2.45, 2.75) is 31.7 Å². The van der Waals surface area contributed by atoms with E-state index in [-0.39, 0.29) is 17.2 Å². The number of aryl methyl sites for hydroxylation is 1. The first-order valence-corrected chi connectivity index (χ1v) is 10.8. The van der Waals surface area contributed by atoms with E-state index in [0.29, 0.717) is 24.2 Å². The molecule has 1 aromatic heterocycles. The molecule has 2 fully saturated rings. The Kier molecular flexibility index (Phi) is 5.00. The zero-order chi connectivity index (χ0) is 18.0. The molecule has 0 aliphatic carbocycles. The minimum absolute atomic E-state index is 0.0101. The Labute approximate surface area is 153 Å². The van der Waals surface area contributed by atoms with Gasteiger partial charge < -0.3 is 14.6 Å². The molecule has 2 N–H and O–H groups in total. The van der Waals surface area contributed by atoms with E-state index in [1.54, 1.807) is 0 Å². The van der Waals surface area contributed by atoms with Crippen molar-refractivity contribution in [3.8, 4) is 0 Å². The van der Waals surface area contributed by atoms with Crippen molar-refractivity contribution in [3.63, 3.8) is 0 Å². The molecule has 0 amide bonds. The number of sulfonamides is 1. The number of nitrogens with zero attached hydrogens (tertiary/aromatic N) is 1. The third-order valence-electron chi connectivity index (χ3n) is 5.53. The van der Waals surface area contributed by atoms with Crippen LogP contribution in [0.5, 0.6) is 0 Å². The molecule has 4 rings (SSSR count). The smallest absolute Gasteiger partial charge is 0.212 e. The molecule has 2 aliphatic heterocycles. The van der Waals surface area contributed by atoms with Crippen LogP contribution in [-0.4, -0.2) is 51.7 Å². The Morgan fingerprint density at radius 3 is 2.92 bits per heavy atom. The number of fused-ring (bicyclic) bond motifs is 1. The first-order chi connectivity index (χ1) is 12.6. The fourth-order valence-electron chi connectivity index (χ4n) is 4.11. The lowest BCUT2D eigenvalue weighted by Crippen LogP contribution is -2.55. The fraction of sp³-hybridized carbons (Fsp3) is 0.611. The van der Waals surface area contributed by atoms with E-state index in [4.69, 9.17) is 9.26 Å². The molecule has 0 radical (unpaired) electrons. The predicted octanol–water partition coefficient (Wildman–Crippen LogP) is 1.45. The van der Waals surface area contributed by atoms with Crippen molar-refractivity contribution in [3.05, 3.63) is 30.0 Å². The molecule has 1 unspecified atom stereocenters. The largest absolute Gasteiger partial charge is 0.381 e. The number of nitrogens with one attached hydrogen (secondary N) is 2. The maximum atomic E-state index is 12.6. The Morgan fingerprint density at radius 1 is 1.27 bits per heavy atom. The molecule has 0 bridgehead atoms. The normalized spacial score (nSPS) is 23.5. The summed E-state index contributed by atoms with van der Waals surface area (Å²) >= 11 is 0. The summed E-state index contributed by atoms with van der Waals surface area (Å²) < 4.78 is 38.8. The Balaban J connectivity index is 1.37. The van der Waals surface area contributed by atoms with Crippen LogP contribution in [0, 0.1) is 5.41 Å². The summed E-state index contributed by atoms with van der Waals surface area (Å²) in [6, 6.07) is 7.44. The van der Waals surface area contributed by atoms with E-state index < -0.39 is 10.0 Å². The third kappa shape index (κ3) is 3.93. The molecular formula is C18H25N3O4S. The first-order valence-electron chi connectivity index (χ1n) is 9.17. The number of ether oxygens (including phenoxy) is 1. The summed E-state index contributed by atoms with van der Waals surface area (Å²) in [4.78, 5) is 0. The van der Waals surface area contributed by atoms with Crippen molar-refractivity contribution in [2.75, 3.05) is 32.1 Å². The second-order valence-electron chi connectivity index (χ2n) is 7.46. The van der Waals surface area contributed by atoms with Crippen LogP contribution >= 0.6 is 0 Å². The summed E-state index contributed by atoms with van der Waals surface area (Å²) in [6.45, 7) is 3.15. The zero-order valence-electron chi connectivity index (χ0n) is 14.7. The number of rotatable bonds is 5. The van der Waals surface area contributed by atoms with Gasteiger partial charge in [-0.25, -0.2) is 13.1 Å². The van der Waals surface area contributed by atoms with Gasteiger partial charge in [0.05, 0.1) is 11.4 Å². The molecule has 1 atom stereocenters. The van der Waals surface area contributed by atoms with Crippen LogP contribution in [0.2, 0.25) is 0 Å². The highest BCUT2D eigenvalue weighted by molar-refractivity contribution is 7.89. The van der Waals surface area contributed by atoms with Crippen LogP contribution in [-0.2, 0) is 21.2 Å². The molecule has 2 saturated heterocycles. The number of benzene rings is 1. The van der Waals surface area contributed by atoms with Gasteiger partial charge in [-0.1, -0.05) is 17.3 Å². The standard InChI is InChI=1S/C18H25N3O4S/c22-26(23,10-5-16-15-3-1-2-4-17(15)25-20-16)21-14-11-18(13-19-12-14)6-8-24-9-7-18/h1-4,14,19,21H,5-13H2. The van der Waals surface area contributed by atoms with Gasteiger partial charge >= 0.3 is 0 Å². The number of piperidine rings is 1. The first kappa shape index (κ1) is 17.9. The van der Waals surface area contributed by atoms with Crippen molar-refractivity contribution in [1.82, 2.24) is 15.2 Å². The van der Waals surface area contributed by atoms with Gasteiger partial charge in [-0.3, -0.25) is 0 Å². The Bertz CT molecular complexity index is 853. The average molecular weight is 379 g/mol. The van der Waals surface area contributed by atoms with Crippen molar-refractivity contribution >= 4 is 21.0 Å². The van der Waals surface area contributed by atoms with Crippen LogP contribution in [0.15, 0.2) is 28.8 Å². The lowest BCUT2D eigenvalue weighted by atomic mass is 9.73. The van der Waals surface area contributed by atoms with Gasteiger partial charge in [0.15, 0.2) is 5.58 Å². The van der Waals surface area contributed by atoms with Crippen LogP contribution in [0.3, 0.4) is 0 Å². The highest BCUT2D eigenvalue weighted by atomic mass is 32.2. The van der Waals surface area contributed by atoms with E-state index in [1.807, 2.05) is 24.3 Å². The fourth-order valence-corrected chi connectivity index (χ4v) is 5.36. The summed E-state index contributed by atoms with van der Waals surface area (Å²) in [5, 5.41) is 8.30. The quantitative estimate of drug-likeness (QED) is 0.817. The van der Waals surface area contributed by atoms with Crippen molar-refractivity contribution in [1.29, 1.82) is 0 Å². The molecular weight excluding hydrogens is 354 g/mol. The van der Waals surface area contributed by atoms with E-state index >= 15 is 0 Å². The average Bonchev–Trinajstić information content (AvgIpc) is 3.04. The van der Waals surface area contributed by atoms with Crippen LogP contribution in [0.4, 0.5) is 0 Å². The van der Waals surface area contributed by atoms with E-state index in [0.717, 1.165) is 44.4 Å². The molecule has 2 aliphatic rings. The maximum Gasteiger partial charge on any atom is 0.212 e. The number of aromatic nitrogens is 1. The van der Waals surface area contributed by atoms with Gasteiger partial charge in [0.2, 0.25) is 10.0 Å². The number of hydrogen-bond acceptors (Lipinski definition) is 6. The second kappa shape index (κ2) is 7.26. The third-order valence-corrected chi connectivity index (χ3v) is 6.96. The molecule has 8 heteroatoms. The Hall–Kier alpha value is -1.48. The van der Waals surface area contributed by atoms with E-state index in [1.165, 1.54) is 0 Å². The SMILES string of the molecule is O=S(=O)(CCc1noc2ccccc12)NC1CNCC2(CCOCC2)C1.